The standard InChI is InChI=1S/C24H23N3O3/c1-15-10-18-11-16(6-7-22(18)29-15)23-12-19(27-30-23)13-24(28)25-9-8-17-14-26-21-5-3-2-4-20(17)21/h2-7,11-12,14-15,26H,8-10,13H2,1H3,(H,25,28). The van der Waals surface area contributed by atoms with Crippen molar-refractivity contribution >= 4 is 16.8 Å². The predicted octanol–water partition coefficient (Wildman–Crippen LogP) is 4.05. The molecule has 0 saturated carbocycles. The highest BCUT2D eigenvalue weighted by atomic mass is 16.5. The average molecular weight is 401 g/mol. The van der Waals surface area contributed by atoms with Crippen molar-refractivity contribution in [3.63, 3.8) is 0 Å². The van der Waals surface area contributed by atoms with Crippen LogP contribution in [0.2, 0.25) is 0 Å². The number of amides is 1. The monoisotopic (exact) mass is 401 g/mol. The summed E-state index contributed by atoms with van der Waals surface area (Å²) in [6, 6.07) is 16.0. The predicted molar refractivity (Wildman–Crippen MR) is 114 cm³/mol. The van der Waals surface area contributed by atoms with Crippen LogP contribution < -0.4 is 10.1 Å². The van der Waals surface area contributed by atoms with Crippen LogP contribution >= 0.6 is 0 Å². The largest absolute Gasteiger partial charge is 0.490 e. The minimum absolute atomic E-state index is 0.0640. The van der Waals surface area contributed by atoms with Crippen LogP contribution in [0.5, 0.6) is 5.75 Å². The van der Waals surface area contributed by atoms with E-state index in [1.165, 1.54) is 16.5 Å². The number of aromatic amines is 1. The van der Waals surface area contributed by atoms with Gasteiger partial charge in [-0.25, -0.2) is 0 Å². The molecule has 1 atom stereocenters. The molecule has 6 nitrogen and oxygen atoms in total. The van der Waals surface area contributed by atoms with E-state index in [9.17, 15) is 4.79 Å². The number of carbonyl (C=O) groups is 1. The first-order valence-corrected chi connectivity index (χ1v) is 10.2. The van der Waals surface area contributed by atoms with Gasteiger partial charge in [-0.1, -0.05) is 23.4 Å². The minimum atomic E-state index is -0.0640. The summed E-state index contributed by atoms with van der Waals surface area (Å²) in [5, 5.41) is 8.24. The molecule has 0 spiro atoms. The highest BCUT2D eigenvalue weighted by Crippen LogP contribution is 2.33. The number of H-pyrrole nitrogens is 1. The zero-order chi connectivity index (χ0) is 20.5. The van der Waals surface area contributed by atoms with Gasteiger partial charge in [0.2, 0.25) is 5.91 Å². The molecule has 1 amide bonds. The van der Waals surface area contributed by atoms with E-state index in [2.05, 4.69) is 34.5 Å². The third kappa shape index (κ3) is 3.68. The molecule has 5 rings (SSSR count). The number of nitrogens with one attached hydrogen (secondary N) is 2. The third-order valence-corrected chi connectivity index (χ3v) is 5.47. The Bertz CT molecular complexity index is 1210. The van der Waals surface area contributed by atoms with Crippen LogP contribution in [0.3, 0.4) is 0 Å². The maximum atomic E-state index is 12.3. The molecule has 6 heteroatoms. The molecule has 0 saturated heterocycles. The van der Waals surface area contributed by atoms with E-state index in [4.69, 9.17) is 9.26 Å². The van der Waals surface area contributed by atoms with Crippen molar-refractivity contribution in [2.75, 3.05) is 6.54 Å². The van der Waals surface area contributed by atoms with Gasteiger partial charge in [0.15, 0.2) is 5.76 Å². The van der Waals surface area contributed by atoms with Gasteiger partial charge in [-0.05, 0) is 48.7 Å². The number of carbonyl (C=O) groups excluding carboxylic acids is 1. The van der Waals surface area contributed by atoms with Crippen LogP contribution in [0.1, 0.15) is 23.7 Å². The molecule has 1 aliphatic rings. The normalized spacial score (nSPS) is 15.2. The molecule has 0 radical (unpaired) electrons. The lowest BCUT2D eigenvalue weighted by molar-refractivity contribution is -0.120. The third-order valence-electron chi connectivity index (χ3n) is 5.47. The van der Waals surface area contributed by atoms with Crippen molar-refractivity contribution < 1.29 is 14.1 Å². The van der Waals surface area contributed by atoms with Crippen molar-refractivity contribution in [3.8, 4) is 17.1 Å². The fourth-order valence-corrected chi connectivity index (χ4v) is 4.01. The van der Waals surface area contributed by atoms with Crippen molar-refractivity contribution in [2.24, 2.45) is 0 Å². The molecule has 4 aromatic rings. The lowest BCUT2D eigenvalue weighted by atomic mass is 10.1. The number of para-hydroxylation sites is 1. The maximum absolute atomic E-state index is 12.3. The molecule has 0 bridgehead atoms. The van der Waals surface area contributed by atoms with E-state index >= 15 is 0 Å². The quantitative estimate of drug-likeness (QED) is 0.511. The second-order valence-corrected chi connectivity index (χ2v) is 7.77. The van der Waals surface area contributed by atoms with Gasteiger partial charge in [-0.15, -0.1) is 0 Å². The van der Waals surface area contributed by atoms with Gasteiger partial charge in [0, 0.05) is 41.7 Å². The van der Waals surface area contributed by atoms with Gasteiger partial charge in [-0.2, -0.15) is 0 Å². The van der Waals surface area contributed by atoms with Crippen LogP contribution in [0, 0.1) is 0 Å². The van der Waals surface area contributed by atoms with Crippen molar-refractivity contribution in [3.05, 3.63) is 71.5 Å². The fraction of sp³-hybridized carbons (Fsp3) is 0.250. The van der Waals surface area contributed by atoms with E-state index in [0.717, 1.165) is 29.7 Å². The van der Waals surface area contributed by atoms with Gasteiger partial charge in [0.25, 0.3) is 0 Å². The molecular weight excluding hydrogens is 378 g/mol. The smallest absolute Gasteiger partial charge is 0.226 e. The van der Waals surface area contributed by atoms with Crippen molar-refractivity contribution in [1.82, 2.24) is 15.5 Å². The number of rotatable bonds is 6. The van der Waals surface area contributed by atoms with E-state index in [1.54, 1.807) is 0 Å². The first-order chi connectivity index (χ1) is 14.7. The molecule has 2 N–H and O–H groups in total. The van der Waals surface area contributed by atoms with Gasteiger partial charge < -0.3 is 19.6 Å². The summed E-state index contributed by atoms with van der Waals surface area (Å²) in [5.41, 5.74) is 5.06. The number of aromatic nitrogens is 2. The molecule has 30 heavy (non-hydrogen) atoms. The Balaban J connectivity index is 1.17. The number of hydrogen-bond donors (Lipinski definition) is 2. The van der Waals surface area contributed by atoms with E-state index in [0.29, 0.717) is 18.0 Å². The Kier molecular flexibility index (Phi) is 4.75. The minimum Gasteiger partial charge on any atom is -0.490 e. The lowest BCUT2D eigenvalue weighted by Crippen LogP contribution is -2.27. The number of ether oxygens (including phenoxy) is 1. The molecular formula is C24H23N3O3. The fourth-order valence-electron chi connectivity index (χ4n) is 4.01. The lowest BCUT2D eigenvalue weighted by Gasteiger charge is -2.03. The molecule has 152 valence electrons. The van der Waals surface area contributed by atoms with Crippen LogP contribution in [-0.4, -0.2) is 28.7 Å². The Morgan fingerprint density at radius 2 is 2.13 bits per heavy atom. The first kappa shape index (κ1) is 18.5. The van der Waals surface area contributed by atoms with Crippen molar-refractivity contribution in [2.45, 2.75) is 32.3 Å². The molecule has 2 aromatic heterocycles. The van der Waals surface area contributed by atoms with E-state index in [-0.39, 0.29) is 18.4 Å². The SMILES string of the molecule is CC1Cc2cc(-c3cc(CC(=O)NCCc4c[nH]c5ccccc45)no3)ccc2O1. The summed E-state index contributed by atoms with van der Waals surface area (Å²) in [6.07, 6.45) is 4.07. The molecule has 0 aliphatic carbocycles. The molecule has 2 aromatic carbocycles. The van der Waals surface area contributed by atoms with Crippen LogP contribution in [0.15, 0.2) is 59.3 Å². The Morgan fingerprint density at radius 1 is 1.23 bits per heavy atom. The summed E-state index contributed by atoms with van der Waals surface area (Å²) in [4.78, 5) is 15.6. The maximum Gasteiger partial charge on any atom is 0.226 e. The average Bonchev–Trinajstić information content (AvgIpc) is 3.45. The second-order valence-electron chi connectivity index (χ2n) is 7.77. The second kappa shape index (κ2) is 7.71. The van der Waals surface area contributed by atoms with Crippen LogP contribution in [0.25, 0.3) is 22.2 Å². The summed E-state index contributed by atoms with van der Waals surface area (Å²) in [7, 11) is 0. The number of hydrogen-bond acceptors (Lipinski definition) is 4. The topological polar surface area (TPSA) is 80.2 Å². The molecule has 1 unspecified atom stereocenters. The Labute approximate surface area is 174 Å². The van der Waals surface area contributed by atoms with Crippen molar-refractivity contribution in [1.29, 1.82) is 0 Å². The van der Waals surface area contributed by atoms with Crippen LogP contribution in [0.4, 0.5) is 0 Å². The van der Waals surface area contributed by atoms with Gasteiger partial charge in [0.05, 0.1) is 12.1 Å². The van der Waals surface area contributed by atoms with Gasteiger partial charge in [-0.3, -0.25) is 4.79 Å². The first-order valence-electron chi connectivity index (χ1n) is 10.2. The Morgan fingerprint density at radius 3 is 3.07 bits per heavy atom. The summed E-state index contributed by atoms with van der Waals surface area (Å²) in [6.45, 7) is 2.64. The highest BCUT2D eigenvalue weighted by Gasteiger charge is 2.20. The highest BCUT2D eigenvalue weighted by molar-refractivity contribution is 5.83. The van der Waals surface area contributed by atoms with Gasteiger partial charge >= 0.3 is 0 Å². The van der Waals surface area contributed by atoms with Gasteiger partial charge in [0.1, 0.15) is 11.9 Å². The summed E-state index contributed by atoms with van der Waals surface area (Å²) in [5.74, 6) is 1.53. The number of nitrogens with zero attached hydrogens (tertiary/aromatic N) is 1. The van der Waals surface area contributed by atoms with Crippen LogP contribution in [-0.2, 0) is 24.1 Å². The number of benzene rings is 2. The Hall–Kier alpha value is -3.54. The molecule has 1 aliphatic heterocycles. The molecule has 3 heterocycles. The summed E-state index contributed by atoms with van der Waals surface area (Å²) < 4.78 is 11.2. The molecule has 0 fully saturated rings. The summed E-state index contributed by atoms with van der Waals surface area (Å²) >= 11 is 0. The number of fused-ring (bicyclic) bond motifs is 2. The zero-order valence-electron chi connectivity index (χ0n) is 16.8. The van der Waals surface area contributed by atoms with E-state index in [1.807, 2.05) is 42.6 Å². The van der Waals surface area contributed by atoms with E-state index < -0.39 is 0 Å². The zero-order valence-corrected chi connectivity index (χ0v) is 16.8.